The molecule has 0 N–H and O–H groups in total. The average molecular weight is 280 g/mol. The number of benzene rings is 1. The van der Waals surface area contributed by atoms with E-state index >= 15 is 0 Å². The van der Waals surface area contributed by atoms with Crippen molar-refractivity contribution >= 4 is 27.7 Å². The van der Waals surface area contributed by atoms with Gasteiger partial charge in [0.2, 0.25) is 0 Å². The Bertz CT molecular complexity index is 413. The molecule has 0 atom stereocenters. The van der Waals surface area contributed by atoms with Gasteiger partial charge in [-0.25, -0.2) is 0 Å². The van der Waals surface area contributed by atoms with Crippen molar-refractivity contribution in [2.75, 3.05) is 0 Å². The van der Waals surface area contributed by atoms with Crippen LogP contribution in [0, 0.1) is 0 Å². The summed E-state index contributed by atoms with van der Waals surface area (Å²) in [6.07, 6.45) is 1.83. The van der Waals surface area contributed by atoms with Gasteiger partial charge >= 0.3 is 0 Å². The number of nitrogens with zero attached hydrogens (tertiary/aromatic N) is 1. The zero-order valence-electron chi connectivity index (χ0n) is 8.06. The molecule has 0 bridgehead atoms. The summed E-state index contributed by atoms with van der Waals surface area (Å²) < 4.78 is 1.02. The number of rotatable bonds is 3. The van der Waals surface area contributed by atoms with Gasteiger partial charge in [-0.1, -0.05) is 18.2 Å². The fourth-order valence-electron chi connectivity index (χ4n) is 1.17. The van der Waals surface area contributed by atoms with Gasteiger partial charge in [-0.3, -0.25) is 4.98 Å². The summed E-state index contributed by atoms with van der Waals surface area (Å²) in [5, 5.41) is 0. The van der Waals surface area contributed by atoms with Gasteiger partial charge < -0.3 is 0 Å². The van der Waals surface area contributed by atoms with Gasteiger partial charge in [-0.05, 0) is 40.2 Å². The van der Waals surface area contributed by atoms with Crippen molar-refractivity contribution in [3.63, 3.8) is 0 Å². The lowest BCUT2D eigenvalue weighted by atomic mass is 10.4. The van der Waals surface area contributed by atoms with Crippen molar-refractivity contribution < 1.29 is 0 Å². The van der Waals surface area contributed by atoms with E-state index < -0.39 is 0 Å². The number of thioether (sulfide) groups is 1. The van der Waals surface area contributed by atoms with Gasteiger partial charge in [0.25, 0.3) is 0 Å². The highest BCUT2D eigenvalue weighted by atomic mass is 79.9. The second kappa shape index (κ2) is 5.33. The van der Waals surface area contributed by atoms with Crippen LogP contribution in [-0.4, -0.2) is 4.98 Å². The molecule has 0 radical (unpaired) electrons. The lowest BCUT2D eigenvalue weighted by molar-refractivity contribution is 1.16. The minimum absolute atomic E-state index is 0.914. The standard InChI is InChI=1S/C12H10BrNS/c13-10-6-7-11(14-8-10)9-15-12-4-2-1-3-5-12/h1-8H,9H2. The second-order valence-corrected chi connectivity index (χ2v) is 5.03. The Balaban J connectivity index is 1.96. The zero-order valence-corrected chi connectivity index (χ0v) is 10.5. The van der Waals surface area contributed by atoms with E-state index in [1.165, 1.54) is 4.90 Å². The summed E-state index contributed by atoms with van der Waals surface area (Å²) in [5.41, 5.74) is 1.10. The second-order valence-electron chi connectivity index (χ2n) is 3.07. The summed E-state index contributed by atoms with van der Waals surface area (Å²) in [6.45, 7) is 0. The summed E-state index contributed by atoms with van der Waals surface area (Å²) in [5.74, 6) is 0.914. The van der Waals surface area contributed by atoms with Gasteiger partial charge in [-0.2, -0.15) is 0 Å². The fraction of sp³-hybridized carbons (Fsp3) is 0.0833. The average Bonchev–Trinajstić information content (AvgIpc) is 2.30. The highest BCUT2D eigenvalue weighted by Gasteiger charge is 1.96. The van der Waals surface area contributed by atoms with E-state index in [4.69, 9.17) is 0 Å². The Kier molecular flexibility index (Phi) is 3.80. The number of hydrogen-bond acceptors (Lipinski definition) is 2. The molecule has 0 spiro atoms. The first-order valence-corrected chi connectivity index (χ1v) is 6.41. The first-order valence-electron chi connectivity index (χ1n) is 4.63. The normalized spacial score (nSPS) is 10.2. The van der Waals surface area contributed by atoms with E-state index in [0.717, 1.165) is 15.9 Å². The molecule has 0 saturated carbocycles. The monoisotopic (exact) mass is 279 g/mol. The van der Waals surface area contributed by atoms with Gasteiger partial charge in [-0.15, -0.1) is 11.8 Å². The SMILES string of the molecule is Brc1ccc(CSc2ccccc2)nc1. The van der Waals surface area contributed by atoms with Crippen LogP contribution in [0.3, 0.4) is 0 Å². The third-order valence-corrected chi connectivity index (χ3v) is 3.43. The third kappa shape index (κ3) is 3.36. The Morgan fingerprint density at radius 1 is 1.07 bits per heavy atom. The quantitative estimate of drug-likeness (QED) is 0.784. The van der Waals surface area contributed by atoms with E-state index in [9.17, 15) is 0 Å². The summed E-state index contributed by atoms with van der Waals surface area (Å²) in [4.78, 5) is 5.61. The first kappa shape index (κ1) is 10.7. The highest BCUT2D eigenvalue weighted by Crippen LogP contribution is 2.21. The largest absolute Gasteiger partial charge is 0.259 e. The Morgan fingerprint density at radius 3 is 2.53 bits per heavy atom. The van der Waals surface area contributed by atoms with Crippen molar-refractivity contribution in [1.82, 2.24) is 4.98 Å². The van der Waals surface area contributed by atoms with Crippen molar-refractivity contribution in [3.05, 3.63) is 58.8 Å². The third-order valence-electron chi connectivity index (χ3n) is 1.92. The van der Waals surface area contributed by atoms with E-state index in [0.29, 0.717) is 0 Å². The van der Waals surface area contributed by atoms with Crippen LogP contribution in [-0.2, 0) is 5.75 Å². The van der Waals surface area contributed by atoms with Crippen LogP contribution >= 0.6 is 27.7 Å². The summed E-state index contributed by atoms with van der Waals surface area (Å²) >= 11 is 5.17. The molecule has 0 aliphatic heterocycles. The van der Waals surface area contributed by atoms with Crippen LogP contribution in [0.5, 0.6) is 0 Å². The van der Waals surface area contributed by atoms with E-state index in [-0.39, 0.29) is 0 Å². The van der Waals surface area contributed by atoms with Crippen molar-refractivity contribution in [1.29, 1.82) is 0 Å². The maximum atomic E-state index is 4.33. The molecule has 1 nitrogen and oxygen atoms in total. The molecule has 0 amide bonds. The van der Waals surface area contributed by atoms with Crippen LogP contribution in [0.15, 0.2) is 58.0 Å². The summed E-state index contributed by atoms with van der Waals surface area (Å²) in [6, 6.07) is 14.4. The molecule has 2 rings (SSSR count). The van der Waals surface area contributed by atoms with E-state index in [1.54, 1.807) is 11.8 Å². The molecule has 0 aliphatic carbocycles. The molecular formula is C12H10BrNS. The molecule has 3 heteroatoms. The number of hydrogen-bond donors (Lipinski definition) is 0. The molecule has 15 heavy (non-hydrogen) atoms. The van der Waals surface area contributed by atoms with Gasteiger partial charge in [0, 0.05) is 21.3 Å². The zero-order chi connectivity index (χ0) is 10.5. The van der Waals surface area contributed by atoms with E-state index in [2.05, 4.69) is 45.2 Å². The van der Waals surface area contributed by atoms with Crippen molar-refractivity contribution in [2.24, 2.45) is 0 Å². The number of halogens is 1. The Labute approximate surface area is 102 Å². The molecule has 0 aliphatic rings. The first-order chi connectivity index (χ1) is 7.34. The molecule has 0 fully saturated rings. The molecule has 76 valence electrons. The minimum Gasteiger partial charge on any atom is -0.259 e. The smallest absolute Gasteiger partial charge is 0.0507 e. The molecule has 0 unspecified atom stereocenters. The number of aromatic nitrogens is 1. The maximum absolute atomic E-state index is 4.33. The Hall–Kier alpha value is -0.800. The lowest BCUT2D eigenvalue weighted by Crippen LogP contribution is -1.85. The van der Waals surface area contributed by atoms with Crippen molar-refractivity contribution in [3.8, 4) is 0 Å². The van der Waals surface area contributed by atoms with Gasteiger partial charge in [0.05, 0.1) is 5.69 Å². The maximum Gasteiger partial charge on any atom is 0.0507 e. The lowest BCUT2D eigenvalue weighted by Gasteiger charge is -2.00. The minimum atomic E-state index is 0.914. The van der Waals surface area contributed by atoms with Gasteiger partial charge in [0.15, 0.2) is 0 Å². The Morgan fingerprint density at radius 2 is 1.87 bits per heavy atom. The molecule has 1 heterocycles. The van der Waals surface area contributed by atoms with Gasteiger partial charge in [0.1, 0.15) is 0 Å². The van der Waals surface area contributed by atoms with Crippen LogP contribution in [0.4, 0.5) is 0 Å². The molecule has 1 aromatic heterocycles. The summed E-state index contributed by atoms with van der Waals surface area (Å²) in [7, 11) is 0. The highest BCUT2D eigenvalue weighted by molar-refractivity contribution is 9.10. The topological polar surface area (TPSA) is 12.9 Å². The molecule has 2 aromatic rings. The van der Waals surface area contributed by atoms with Crippen LogP contribution in [0.1, 0.15) is 5.69 Å². The van der Waals surface area contributed by atoms with E-state index in [1.807, 2.05) is 24.4 Å². The number of pyridine rings is 1. The van der Waals surface area contributed by atoms with Crippen LogP contribution in [0.2, 0.25) is 0 Å². The predicted molar refractivity (Wildman–Crippen MR) is 67.9 cm³/mol. The van der Waals surface area contributed by atoms with Crippen LogP contribution in [0.25, 0.3) is 0 Å². The fourth-order valence-corrected chi connectivity index (χ4v) is 2.24. The predicted octanol–water partition coefficient (Wildman–Crippen LogP) is 4.14. The molecular weight excluding hydrogens is 270 g/mol. The van der Waals surface area contributed by atoms with Crippen LogP contribution < -0.4 is 0 Å². The molecule has 1 aromatic carbocycles. The molecule has 0 saturated heterocycles. The van der Waals surface area contributed by atoms with Crippen molar-refractivity contribution in [2.45, 2.75) is 10.6 Å².